The van der Waals surface area contributed by atoms with Crippen molar-refractivity contribution in [2.45, 2.75) is 13.8 Å². The molecule has 1 amide bonds. The zero-order chi connectivity index (χ0) is 18.5. The largest absolute Gasteiger partial charge is 0.506 e. The van der Waals surface area contributed by atoms with Crippen molar-refractivity contribution >= 4 is 17.3 Å². The first kappa shape index (κ1) is 18.3. The molecule has 0 aromatic heterocycles. The lowest BCUT2D eigenvalue weighted by Crippen LogP contribution is -2.50. The van der Waals surface area contributed by atoms with E-state index in [-0.39, 0.29) is 5.91 Å². The molecule has 0 unspecified atom stereocenters. The molecule has 1 saturated heterocycles. The number of likely N-dealkylation sites (N-methyl/N-ethyl adjacent to an activating group) is 1. The number of hydrogen-bond acceptors (Lipinski definition) is 4. The van der Waals surface area contributed by atoms with Gasteiger partial charge in [-0.1, -0.05) is 30.3 Å². The molecular formula is C21H27N3O2. The van der Waals surface area contributed by atoms with Crippen molar-refractivity contribution in [1.82, 2.24) is 4.90 Å². The number of phenols is 1. The monoisotopic (exact) mass is 353 g/mol. The zero-order valence-electron chi connectivity index (χ0n) is 15.6. The highest BCUT2D eigenvalue weighted by Gasteiger charge is 2.23. The van der Waals surface area contributed by atoms with E-state index < -0.39 is 0 Å². The number of carbonyl (C=O) groups is 1. The number of rotatable bonds is 5. The third kappa shape index (κ3) is 3.99. The molecule has 1 aliphatic rings. The van der Waals surface area contributed by atoms with Crippen LogP contribution < -0.4 is 9.80 Å². The molecule has 2 aromatic rings. The van der Waals surface area contributed by atoms with Crippen molar-refractivity contribution in [3.8, 4) is 5.75 Å². The van der Waals surface area contributed by atoms with Gasteiger partial charge in [0.15, 0.2) is 0 Å². The zero-order valence-corrected chi connectivity index (χ0v) is 15.6. The smallest absolute Gasteiger partial charge is 0.241 e. The van der Waals surface area contributed by atoms with Gasteiger partial charge in [0.25, 0.3) is 0 Å². The summed E-state index contributed by atoms with van der Waals surface area (Å²) in [6.07, 6.45) is 0. The fourth-order valence-electron chi connectivity index (χ4n) is 3.50. The Balaban J connectivity index is 1.59. The maximum Gasteiger partial charge on any atom is 0.241 e. The Kier molecular flexibility index (Phi) is 5.78. The third-order valence-corrected chi connectivity index (χ3v) is 4.98. The Morgan fingerprint density at radius 2 is 1.69 bits per heavy atom. The fourth-order valence-corrected chi connectivity index (χ4v) is 3.50. The summed E-state index contributed by atoms with van der Waals surface area (Å²) in [7, 11) is 0. The van der Waals surface area contributed by atoms with E-state index in [1.807, 2.05) is 61.2 Å². The number of aromatic hydroxyl groups is 1. The van der Waals surface area contributed by atoms with Gasteiger partial charge in [0, 0.05) is 38.4 Å². The minimum atomic E-state index is 0.137. The molecule has 1 heterocycles. The van der Waals surface area contributed by atoms with Gasteiger partial charge in [0.2, 0.25) is 5.91 Å². The number of benzene rings is 2. The van der Waals surface area contributed by atoms with Crippen LogP contribution in [0.2, 0.25) is 0 Å². The van der Waals surface area contributed by atoms with Crippen LogP contribution in [0.15, 0.2) is 48.5 Å². The van der Waals surface area contributed by atoms with Gasteiger partial charge in [-0.2, -0.15) is 0 Å². The average molecular weight is 353 g/mol. The molecule has 0 bridgehead atoms. The lowest BCUT2D eigenvalue weighted by molar-refractivity contribution is -0.119. The Labute approximate surface area is 155 Å². The summed E-state index contributed by atoms with van der Waals surface area (Å²) in [5.41, 5.74) is 2.98. The molecule has 0 atom stereocenters. The second kappa shape index (κ2) is 8.23. The lowest BCUT2D eigenvalue weighted by Gasteiger charge is -2.36. The van der Waals surface area contributed by atoms with Crippen LogP contribution in [0.25, 0.3) is 0 Å². The van der Waals surface area contributed by atoms with Crippen LogP contribution in [-0.2, 0) is 4.79 Å². The average Bonchev–Trinajstić information content (AvgIpc) is 2.65. The second-order valence-corrected chi connectivity index (χ2v) is 6.68. The molecule has 3 rings (SSSR count). The van der Waals surface area contributed by atoms with Gasteiger partial charge in [-0.25, -0.2) is 0 Å². The summed E-state index contributed by atoms with van der Waals surface area (Å²) in [6.45, 7) is 8.38. The van der Waals surface area contributed by atoms with Gasteiger partial charge < -0.3 is 14.9 Å². The van der Waals surface area contributed by atoms with Gasteiger partial charge in [0.05, 0.1) is 12.2 Å². The van der Waals surface area contributed by atoms with Gasteiger partial charge in [0.1, 0.15) is 5.75 Å². The quantitative estimate of drug-likeness (QED) is 0.898. The van der Waals surface area contributed by atoms with Crippen molar-refractivity contribution in [1.29, 1.82) is 0 Å². The number of aryl methyl sites for hydroxylation is 1. The van der Waals surface area contributed by atoms with E-state index in [9.17, 15) is 9.90 Å². The highest BCUT2D eigenvalue weighted by molar-refractivity contribution is 5.95. The van der Waals surface area contributed by atoms with Gasteiger partial charge in [-0.15, -0.1) is 0 Å². The van der Waals surface area contributed by atoms with E-state index in [0.717, 1.165) is 43.1 Å². The van der Waals surface area contributed by atoms with E-state index in [4.69, 9.17) is 0 Å². The molecule has 138 valence electrons. The predicted molar refractivity (Wildman–Crippen MR) is 106 cm³/mol. The van der Waals surface area contributed by atoms with Crippen LogP contribution >= 0.6 is 0 Å². The first-order valence-electron chi connectivity index (χ1n) is 9.21. The number of carbonyl (C=O) groups excluding carboxylic acids is 1. The Hall–Kier alpha value is -2.53. The summed E-state index contributed by atoms with van der Waals surface area (Å²) in [5.74, 6) is 0.451. The molecular weight excluding hydrogens is 326 g/mol. The minimum Gasteiger partial charge on any atom is -0.506 e. The second-order valence-electron chi connectivity index (χ2n) is 6.68. The summed E-state index contributed by atoms with van der Waals surface area (Å²) >= 11 is 0. The van der Waals surface area contributed by atoms with Crippen molar-refractivity contribution in [2.24, 2.45) is 0 Å². The SMILES string of the molecule is CCN(C(=O)CN1CCN(c2ccccc2O)CC1)c1ccccc1C. The molecule has 5 nitrogen and oxygen atoms in total. The molecule has 0 spiro atoms. The van der Waals surface area contributed by atoms with E-state index in [1.54, 1.807) is 6.07 Å². The van der Waals surface area contributed by atoms with Crippen LogP contribution in [-0.4, -0.2) is 55.2 Å². The molecule has 1 fully saturated rings. The molecule has 1 aliphatic heterocycles. The molecule has 2 aromatic carbocycles. The van der Waals surface area contributed by atoms with Gasteiger partial charge >= 0.3 is 0 Å². The van der Waals surface area contributed by atoms with Crippen molar-refractivity contribution in [2.75, 3.05) is 49.1 Å². The predicted octanol–water partition coefficient (Wildman–Crippen LogP) is 2.88. The van der Waals surface area contributed by atoms with Crippen molar-refractivity contribution in [3.05, 3.63) is 54.1 Å². The molecule has 0 aliphatic carbocycles. The number of anilines is 2. The van der Waals surface area contributed by atoms with Crippen LogP contribution in [0.5, 0.6) is 5.75 Å². The topological polar surface area (TPSA) is 47.0 Å². The molecule has 5 heteroatoms. The normalized spacial score (nSPS) is 15.1. The Morgan fingerprint density at radius 1 is 1.04 bits per heavy atom. The standard InChI is InChI=1S/C21H27N3O2/c1-3-24(18-9-5-4-8-17(18)2)21(26)16-22-12-14-23(15-13-22)19-10-6-7-11-20(19)25/h4-11,25H,3,12-16H2,1-2H3. The number of amides is 1. The fraction of sp³-hybridized carbons (Fsp3) is 0.381. The summed E-state index contributed by atoms with van der Waals surface area (Å²) in [5, 5.41) is 10.0. The Bertz CT molecular complexity index is 754. The molecule has 26 heavy (non-hydrogen) atoms. The first-order valence-corrected chi connectivity index (χ1v) is 9.21. The van der Waals surface area contributed by atoms with Gasteiger partial charge in [-0.05, 0) is 37.6 Å². The number of phenolic OH excluding ortho intramolecular Hbond substituents is 1. The number of nitrogens with zero attached hydrogens (tertiary/aromatic N) is 3. The lowest BCUT2D eigenvalue weighted by atomic mass is 10.1. The number of piperazine rings is 1. The van der Waals surface area contributed by atoms with E-state index in [1.165, 1.54) is 0 Å². The molecule has 1 N–H and O–H groups in total. The van der Waals surface area contributed by atoms with Crippen LogP contribution in [0.3, 0.4) is 0 Å². The summed E-state index contributed by atoms with van der Waals surface area (Å²) < 4.78 is 0. The van der Waals surface area contributed by atoms with Crippen LogP contribution in [0.4, 0.5) is 11.4 Å². The molecule has 0 saturated carbocycles. The first-order chi connectivity index (χ1) is 12.6. The third-order valence-electron chi connectivity index (χ3n) is 4.98. The summed E-state index contributed by atoms with van der Waals surface area (Å²) in [4.78, 5) is 19.1. The van der Waals surface area contributed by atoms with E-state index in [0.29, 0.717) is 18.8 Å². The highest BCUT2D eigenvalue weighted by Crippen LogP contribution is 2.27. The van der Waals surface area contributed by atoms with Crippen LogP contribution in [0.1, 0.15) is 12.5 Å². The Morgan fingerprint density at radius 3 is 2.35 bits per heavy atom. The summed E-state index contributed by atoms with van der Waals surface area (Å²) in [6, 6.07) is 15.4. The maximum atomic E-state index is 12.8. The van der Waals surface area contributed by atoms with E-state index in [2.05, 4.69) is 9.80 Å². The van der Waals surface area contributed by atoms with Crippen LogP contribution in [0, 0.1) is 6.92 Å². The number of hydrogen-bond donors (Lipinski definition) is 1. The van der Waals surface area contributed by atoms with Crippen molar-refractivity contribution < 1.29 is 9.90 Å². The maximum absolute atomic E-state index is 12.8. The van der Waals surface area contributed by atoms with Crippen molar-refractivity contribution in [3.63, 3.8) is 0 Å². The number of para-hydroxylation sites is 3. The minimum absolute atomic E-state index is 0.137. The highest BCUT2D eigenvalue weighted by atomic mass is 16.3. The van der Waals surface area contributed by atoms with E-state index >= 15 is 0 Å². The van der Waals surface area contributed by atoms with Gasteiger partial charge in [-0.3, -0.25) is 9.69 Å². The molecule has 0 radical (unpaired) electrons.